The predicted molar refractivity (Wildman–Crippen MR) is 76.4 cm³/mol. The molecule has 2 heterocycles. The van der Waals surface area contributed by atoms with Gasteiger partial charge in [0, 0.05) is 44.6 Å². The van der Waals surface area contributed by atoms with Crippen LogP contribution in [0.2, 0.25) is 0 Å². The molecule has 1 atom stereocenters. The Kier molecular flexibility index (Phi) is 4.14. The van der Waals surface area contributed by atoms with Crippen LogP contribution in [0.1, 0.15) is 24.2 Å². The van der Waals surface area contributed by atoms with Crippen LogP contribution in [0.5, 0.6) is 0 Å². The summed E-state index contributed by atoms with van der Waals surface area (Å²) in [5, 5.41) is 3.24. The zero-order valence-corrected chi connectivity index (χ0v) is 11.8. The predicted octanol–water partition coefficient (Wildman–Crippen LogP) is 0.330. The first-order valence-electron chi connectivity index (χ1n) is 6.40. The van der Waals surface area contributed by atoms with Gasteiger partial charge in [0.05, 0.1) is 5.69 Å². The van der Waals surface area contributed by atoms with Crippen molar-refractivity contribution in [2.75, 3.05) is 0 Å². The van der Waals surface area contributed by atoms with Crippen LogP contribution in [0, 0.1) is 0 Å². The van der Waals surface area contributed by atoms with Gasteiger partial charge < -0.3 is 9.88 Å². The smallest absolute Gasteiger partial charge is 0.304 e. The van der Waals surface area contributed by atoms with Crippen molar-refractivity contribution in [1.29, 1.82) is 0 Å². The molecule has 1 N–H and O–H groups in total. The summed E-state index contributed by atoms with van der Waals surface area (Å²) in [7, 11) is 3.11. The molecular formula is C14H18N4O2. The summed E-state index contributed by atoms with van der Waals surface area (Å²) < 4.78 is 2.52. The second-order valence-electron chi connectivity index (χ2n) is 4.77. The number of rotatable bonds is 4. The van der Waals surface area contributed by atoms with Crippen molar-refractivity contribution in [2.45, 2.75) is 19.5 Å². The van der Waals surface area contributed by atoms with E-state index in [1.54, 1.807) is 19.4 Å². The molecule has 6 nitrogen and oxygen atoms in total. The van der Waals surface area contributed by atoms with Gasteiger partial charge in [-0.1, -0.05) is 6.07 Å². The monoisotopic (exact) mass is 274 g/mol. The normalized spacial score (nSPS) is 12.3. The van der Waals surface area contributed by atoms with E-state index in [0.29, 0.717) is 12.1 Å². The summed E-state index contributed by atoms with van der Waals surface area (Å²) >= 11 is 0. The molecule has 0 aliphatic rings. The molecular weight excluding hydrogens is 256 g/mol. The summed E-state index contributed by atoms with van der Waals surface area (Å²) in [6.45, 7) is 2.37. The van der Waals surface area contributed by atoms with Gasteiger partial charge in [0.15, 0.2) is 0 Å². The third kappa shape index (κ3) is 2.85. The molecule has 0 radical (unpaired) electrons. The lowest BCUT2D eigenvalue weighted by Crippen LogP contribution is -2.39. The van der Waals surface area contributed by atoms with Crippen molar-refractivity contribution >= 4 is 0 Å². The summed E-state index contributed by atoms with van der Waals surface area (Å²) in [6, 6.07) is 5.74. The van der Waals surface area contributed by atoms with Gasteiger partial charge in [0.1, 0.15) is 0 Å². The topological polar surface area (TPSA) is 68.9 Å². The molecule has 0 saturated heterocycles. The fourth-order valence-corrected chi connectivity index (χ4v) is 2.00. The molecule has 1 unspecified atom stereocenters. The Balaban J connectivity index is 2.16. The van der Waals surface area contributed by atoms with E-state index in [1.807, 2.05) is 25.1 Å². The molecule has 0 fully saturated rings. The molecule has 0 aliphatic carbocycles. The number of nitrogens with one attached hydrogen (secondary N) is 1. The molecule has 6 heteroatoms. The lowest BCUT2D eigenvalue weighted by atomic mass is 10.2. The van der Waals surface area contributed by atoms with Crippen molar-refractivity contribution in [1.82, 2.24) is 19.4 Å². The maximum Gasteiger partial charge on any atom is 0.330 e. The van der Waals surface area contributed by atoms with Crippen LogP contribution in [0.3, 0.4) is 0 Å². The highest BCUT2D eigenvalue weighted by atomic mass is 16.2. The van der Waals surface area contributed by atoms with Crippen LogP contribution in [0.15, 0.2) is 40.2 Å². The Morgan fingerprint density at radius 3 is 2.70 bits per heavy atom. The van der Waals surface area contributed by atoms with Gasteiger partial charge in [-0.2, -0.15) is 0 Å². The maximum absolute atomic E-state index is 12.0. The quantitative estimate of drug-likeness (QED) is 0.872. The molecule has 106 valence electrons. The van der Waals surface area contributed by atoms with Crippen LogP contribution < -0.4 is 16.6 Å². The first-order chi connectivity index (χ1) is 9.50. The molecule has 2 aromatic heterocycles. The fraction of sp³-hybridized carbons (Fsp3) is 0.357. The van der Waals surface area contributed by atoms with Gasteiger partial charge in [-0.15, -0.1) is 0 Å². The lowest BCUT2D eigenvalue weighted by Gasteiger charge is -2.13. The molecule has 0 aromatic carbocycles. The van der Waals surface area contributed by atoms with Gasteiger partial charge in [-0.3, -0.25) is 14.3 Å². The Morgan fingerprint density at radius 2 is 2.05 bits per heavy atom. The minimum Gasteiger partial charge on any atom is -0.304 e. The van der Waals surface area contributed by atoms with E-state index >= 15 is 0 Å². The molecule has 2 rings (SSSR count). The molecule has 2 aromatic rings. The molecule has 0 spiro atoms. The van der Waals surface area contributed by atoms with E-state index in [4.69, 9.17) is 0 Å². The largest absolute Gasteiger partial charge is 0.330 e. The highest BCUT2D eigenvalue weighted by Gasteiger charge is 2.10. The molecule has 0 bridgehead atoms. The average Bonchev–Trinajstić information content (AvgIpc) is 2.48. The minimum atomic E-state index is -0.323. The Labute approximate surface area is 116 Å². The average molecular weight is 274 g/mol. The van der Waals surface area contributed by atoms with E-state index in [9.17, 15) is 9.59 Å². The van der Waals surface area contributed by atoms with Crippen molar-refractivity contribution in [3.8, 4) is 0 Å². The van der Waals surface area contributed by atoms with E-state index in [0.717, 1.165) is 10.3 Å². The minimum absolute atomic E-state index is 0.0261. The number of aryl methyl sites for hydroxylation is 1. The number of hydrogen-bond donors (Lipinski definition) is 1. The number of nitrogens with zero attached hydrogens (tertiary/aromatic N) is 3. The second-order valence-corrected chi connectivity index (χ2v) is 4.77. The Morgan fingerprint density at radius 1 is 1.30 bits per heavy atom. The third-order valence-corrected chi connectivity index (χ3v) is 3.25. The van der Waals surface area contributed by atoms with Crippen LogP contribution in [0.4, 0.5) is 0 Å². The highest BCUT2D eigenvalue weighted by Crippen LogP contribution is 2.08. The van der Waals surface area contributed by atoms with Crippen LogP contribution in [0.25, 0.3) is 0 Å². The van der Waals surface area contributed by atoms with Crippen molar-refractivity contribution in [2.24, 2.45) is 14.1 Å². The van der Waals surface area contributed by atoms with E-state index in [2.05, 4.69) is 10.3 Å². The Hall–Kier alpha value is -2.21. The molecule has 0 amide bonds. The summed E-state index contributed by atoms with van der Waals surface area (Å²) in [5.74, 6) is 0. The van der Waals surface area contributed by atoms with Crippen molar-refractivity contribution in [3.05, 3.63) is 62.7 Å². The number of aromatic nitrogens is 3. The molecule has 0 saturated carbocycles. The first kappa shape index (κ1) is 14.2. The highest BCUT2D eigenvalue weighted by molar-refractivity contribution is 5.10. The summed E-state index contributed by atoms with van der Waals surface area (Å²) in [6.07, 6.45) is 3.31. The maximum atomic E-state index is 12.0. The second kappa shape index (κ2) is 5.83. The summed E-state index contributed by atoms with van der Waals surface area (Å²) in [4.78, 5) is 27.8. The lowest BCUT2D eigenvalue weighted by molar-refractivity contribution is 0.548. The van der Waals surface area contributed by atoms with Gasteiger partial charge in [-0.25, -0.2) is 4.79 Å². The van der Waals surface area contributed by atoms with Crippen molar-refractivity contribution < 1.29 is 0 Å². The third-order valence-electron chi connectivity index (χ3n) is 3.25. The van der Waals surface area contributed by atoms with Gasteiger partial charge in [-0.05, 0) is 19.1 Å². The van der Waals surface area contributed by atoms with Gasteiger partial charge >= 0.3 is 5.69 Å². The first-order valence-corrected chi connectivity index (χ1v) is 6.40. The van der Waals surface area contributed by atoms with Crippen LogP contribution >= 0.6 is 0 Å². The van der Waals surface area contributed by atoms with Gasteiger partial charge in [0.25, 0.3) is 5.56 Å². The number of pyridine rings is 1. The van der Waals surface area contributed by atoms with Gasteiger partial charge in [0.2, 0.25) is 0 Å². The molecule has 0 aliphatic heterocycles. The zero-order valence-electron chi connectivity index (χ0n) is 11.8. The summed E-state index contributed by atoms with van der Waals surface area (Å²) in [5.41, 5.74) is 0.872. The van der Waals surface area contributed by atoms with Crippen molar-refractivity contribution in [3.63, 3.8) is 0 Å². The Bertz CT molecular complexity index is 703. The van der Waals surface area contributed by atoms with E-state index in [-0.39, 0.29) is 17.3 Å². The molecule has 20 heavy (non-hydrogen) atoms. The number of hydrogen-bond acceptors (Lipinski definition) is 4. The van der Waals surface area contributed by atoms with Crippen LogP contribution in [-0.2, 0) is 20.6 Å². The standard InChI is InChI=1S/C14H18N4O2/c1-10(12-6-4-5-7-15-12)16-8-11-9-17(2)14(20)18(3)13(11)19/h4-7,9-10,16H,8H2,1-3H3. The zero-order chi connectivity index (χ0) is 14.7. The van der Waals surface area contributed by atoms with Crippen LogP contribution in [-0.4, -0.2) is 14.1 Å². The SMILES string of the molecule is CC(NCc1cn(C)c(=O)n(C)c1=O)c1ccccn1. The fourth-order valence-electron chi connectivity index (χ4n) is 2.00. The van der Waals surface area contributed by atoms with E-state index in [1.165, 1.54) is 11.6 Å². The van der Waals surface area contributed by atoms with E-state index < -0.39 is 0 Å².